The molecule has 0 radical (unpaired) electrons. The summed E-state index contributed by atoms with van der Waals surface area (Å²) in [6.45, 7) is 5.41. The van der Waals surface area contributed by atoms with E-state index in [9.17, 15) is 0 Å². The van der Waals surface area contributed by atoms with Gasteiger partial charge in [0.2, 0.25) is 0 Å². The van der Waals surface area contributed by atoms with E-state index in [0.29, 0.717) is 6.04 Å². The topological polar surface area (TPSA) is 33.7 Å². The molecule has 1 aliphatic rings. The van der Waals surface area contributed by atoms with Gasteiger partial charge in [-0.2, -0.15) is 0 Å². The second kappa shape index (κ2) is 7.14. The van der Waals surface area contributed by atoms with Crippen molar-refractivity contribution in [3.8, 4) is 11.5 Å². The van der Waals surface area contributed by atoms with E-state index in [0.717, 1.165) is 29.6 Å². The highest BCUT2D eigenvalue weighted by molar-refractivity contribution is 5.42. The van der Waals surface area contributed by atoms with Crippen LogP contribution >= 0.6 is 0 Å². The summed E-state index contributed by atoms with van der Waals surface area (Å²) in [7, 11) is 5.62. The Kier molecular flexibility index (Phi) is 5.48. The van der Waals surface area contributed by atoms with Crippen LogP contribution in [0.1, 0.15) is 38.3 Å². The van der Waals surface area contributed by atoms with Crippen molar-refractivity contribution >= 4 is 0 Å². The number of nitrogens with zero attached hydrogens (tertiary/aromatic N) is 1. The molecule has 1 N–H and O–H groups in total. The number of hydrogen-bond acceptors (Lipinski definition) is 4. The molecule has 118 valence electrons. The summed E-state index contributed by atoms with van der Waals surface area (Å²) in [5.41, 5.74) is 1.14. The Hall–Kier alpha value is -1.26. The van der Waals surface area contributed by atoms with Crippen LogP contribution in [0.2, 0.25) is 0 Å². The van der Waals surface area contributed by atoms with Gasteiger partial charge in [0.1, 0.15) is 11.5 Å². The van der Waals surface area contributed by atoms with E-state index in [2.05, 4.69) is 31.1 Å². The first kappa shape index (κ1) is 16.1. The van der Waals surface area contributed by atoms with Crippen molar-refractivity contribution in [2.24, 2.45) is 0 Å². The van der Waals surface area contributed by atoms with Crippen molar-refractivity contribution in [3.63, 3.8) is 0 Å². The molecule has 0 aromatic heterocycles. The van der Waals surface area contributed by atoms with Gasteiger partial charge in [0.15, 0.2) is 0 Å². The molecule has 1 saturated carbocycles. The van der Waals surface area contributed by atoms with Gasteiger partial charge in [0, 0.05) is 30.2 Å². The molecule has 0 heterocycles. The molecule has 4 heteroatoms. The van der Waals surface area contributed by atoms with Crippen LogP contribution in [-0.4, -0.2) is 44.8 Å². The molecule has 0 spiro atoms. The zero-order chi connectivity index (χ0) is 15.4. The normalized spacial score (nSPS) is 17.6. The summed E-state index contributed by atoms with van der Waals surface area (Å²) in [6.07, 6.45) is 2.69. The number of benzene rings is 1. The number of likely N-dealkylation sites (N-methyl/N-ethyl adjacent to an activating group) is 1. The predicted octanol–water partition coefficient (Wildman–Crippen LogP) is 2.84. The van der Waals surface area contributed by atoms with E-state index < -0.39 is 0 Å². The second-order valence-corrected chi connectivity index (χ2v) is 5.98. The monoisotopic (exact) mass is 292 g/mol. The van der Waals surface area contributed by atoms with Gasteiger partial charge in [0.25, 0.3) is 0 Å². The third kappa shape index (κ3) is 4.11. The Bertz CT molecular complexity index is 460. The van der Waals surface area contributed by atoms with E-state index >= 15 is 0 Å². The summed E-state index contributed by atoms with van der Waals surface area (Å²) >= 11 is 0. The van der Waals surface area contributed by atoms with Crippen molar-refractivity contribution in [2.75, 3.05) is 27.8 Å². The Labute approximate surface area is 128 Å². The second-order valence-electron chi connectivity index (χ2n) is 5.98. The standard InChI is InChI=1S/C17H28N2O2/c1-12(19(3)14-6-7-14)11-18-13(2)16-10-15(20-4)8-9-17(16)21-5/h8-10,12-14,18H,6-7,11H2,1-5H3. The van der Waals surface area contributed by atoms with Crippen LogP contribution in [-0.2, 0) is 0 Å². The quantitative estimate of drug-likeness (QED) is 0.799. The molecule has 1 aliphatic carbocycles. The smallest absolute Gasteiger partial charge is 0.123 e. The van der Waals surface area contributed by atoms with Crippen molar-refractivity contribution in [1.29, 1.82) is 0 Å². The highest BCUT2D eigenvalue weighted by atomic mass is 16.5. The van der Waals surface area contributed by atoms with Crippen LogP contribution in [0.3, 0.4) is 0 Å². The molecule has 4 nitrogen and oxygen atoms in total. The van der Waals surface area contributed by atoms with Gasteiger partial charge in [-0.25, -0.2) is 0 Å². The van der Waals surface area contributed by atoms with Gasteiger partial charge < -0.3 is 14.8 Å². The van der Waals surface area contributed by atoms with Crippen molar-refractivity contribution < 1.29 is 9.47 Å². The zero-order valence-electron chi connectivity index (χ0n) is 13.8. The number of nitrogens with one attached hydrogen (secondary N) is 1. The Morgan fingerprint density at radius 2 is 1.95 bits per heavy atom. The van der Waals surface area contributed by atoms with Crippen molar-refractivity contribution in [1.82, 2.24) is 10.2 Å². The molecule has 0 bridgehead atoms. The first-order valence-electron chi connectivity index (χ1n) is 7.74. The fourth-order valence-corrected chi connectivity index (χ4v) is 2.62. The zero-order valence-corrected chi connectivity index (χ0v) is 13.8. The molecule has 1 aromatic carbocycles. The van der Waals surface area contributed by atoms with Crippen molar-refractivity contribution in [2.45, 2.75) is 44.8 Å². The number of ether oxygens (including phenoxy) is 2. The lowest BCUT2D eigenvalue weighted by Gasteiger charge is -2.27. The SMILES string of the molecule is COc1ccc(OC)c(C(C)NCC(C)N(C)C2CC2)c1. The average Bonchev–Trinajstić information content (AvgIpc) is 3.35. The maximum atomic E-state index is 5.46. The van der Waals surface area contributed by atoms with Gasteiger partial charge in [-0.3, -0.25) is 4.90 Å². The van der Waals surface area contributed by atoms with Crippen LogP contribution in [0.15, 0.2) is 18.2 Å². The van der Waals surface area contributed by atoms with Gasteiger partial charge in [0.05, 0.1) is 14.2 Å². The summed E-state index contributed by atoms with van der Waals surface area (Å²) in [6, 6.07) is 7.50. The predicted molar refractivity (Wildman–Crippen MR) is 86.2 cm³/mol. The van der Waals surface area contributed by atoms with E-state index in [1.807, 2.05) is 18.2 Å². The van der Waals surface area contributed by atoms with Crippen LogP contribution < -0.4 is 14.8 Å². The molecular weight excluding hydrogens is 264 g/mol. The molecule has 0 saturated heterocycles. The largest absolute Gasteiger partial charge is 0.497 e. The van der Waals surface area contributed by atoms with Gasteiger partial charge in [-0.05, 0) is 51.9 Å². The lowest BCUT2D eigenvalue weighted by molar-refractivity contribution is 0.236. The van der Waals surface area contributed by atoms with E-state index in [-0.39, 0.29) is 6.04 Å². The Balaban J connectivity index is 1.96. The van der Waals surface area contributed by atoms with E-state index in [1.165, 1.54) is 12.8 Å². The summed E-state index contributed by atoms with van der Waals surface area (Å²) < 4.78 is 10.8. The Morgan fingerprint density at radius 3 is 2.52 bits per heavy atom. The number of rotatable bonds is 8. The maximum absolute atomic E-state index is 5.46. The number of hydrogen-bond donors (Lipinski definition) is 1. The molecule has 1 fully saturated rings. The average molecular weight is 292 g/mol. The first-order valence-corrected chi connectivity index (χ1v) is 7.74. The van der Waals surface area contributed by atoms with Crippen LogP contribution in [0, 0.1) is 0 Å². The van der Waals surface area contributed by atoms with Crippen molar-refractivity contribution in [3.05, 3.63) is 23.8 Å². The van der Waals surface area contributed by atoms with Gasteiger partial charge in [-0.15, -0.1) is 0 Å². The van der Waals surface area contributed by atoms with Crippen LogP contribution in [0.4, 0.5) is 0 Å². The minimum atomic E-state index is 0.227. The highest BCUT2D eigenvalue weighted by Crippen LogP contribution is 2.30. The molecule has 0 amide bonds. The lowest BCUT2D eigenvalue weighted by atomic mass is 10.1. The van der Waals surface area contributed by atoms with E-state index in [1.54, 1.807) is 14.2 Å². The molecule has 21 heavy (non-hydrogen) atoms. The minimum absolute atomic E-state index is 0.227. The molecule has 2 rings (SSSR count). The van der Waals surface area contributed by atoms with Gasteiger partial charge >= 0.3 is 0 Å². The highest BCUT2D eigenvalue weighted by Gasteiger charge is 2.29. The van der Waals surface area contributed by atoms with E-state index in [4.69, 9.17) is 9.47 Å². The maximum Gasteiger partial charge on any atom is 0.123 e. The molecular formula is C17H28N2O2. The van der Waals surface area contributed by atoms with Crippen LogP contribution in [0.25, 0.3) is 0 Å². The lowest BCUT2D eigenvalue weighted by Crippen LogP contribution is -2.39. The Morgan fingerprint density at radius 1 is 1.24 bits per heavy atom. The fourth-order valence-electron chi connectivity index (χ4n) is 2.62. The summed E-state index contributed by atoms with van der Waals surface area (Å²) in [5.74, 6) is 1.77. The molecule has 2 unspecified atom stereocenters. The van der Waals surface area contributed by atoms with Gasteiger partial charge in [-0.1, -0.05) is 0 Å². The third-order valence-corrected chi connectivity index (χ3v) is 4.44. The minimum Gasteiger partial charge on any atom is -0.497 e. The fraction of sp³-hybridized carbons (Fsp3) is 0.647. The van der Waals surface area contributed by atoms with Crippen LogP contribution in [0.5, 0.6) is 11.5 Å². The molecule has 2 atom stereocenters. The molecule has 0 aliphatic heterocycles. The first-order chi connectivity index (χ1) is 10.1. The molecule has 1 aromatic rings. The third-order valence-electron chi connectivity index (χ3n) is 4.44. The summed E-state index contributed by atoms with van der Waals surface area (Å²) in [5, 5.41) is 3.61. The number of methoxy groups -OCH3 is 2. The summed E-state index contributed by atoms with van der Waals surface area (Å²) in [4.78, 5) is 2.47.